The van der Waals surface area contributed by atoms with Gasteiger partial charge >= 0.3 is 7.60 Å². The molecule has 9 heteroatoms. The van der Waals surface area contributed by atoms with Gasteiger partial charge in [-0.25, -0.2) is 4.57 Å². The zero-order chi connectivity index (χ0) is 20.6. The molecule has 2 unspecified atom stereocenters. The number of methoxy groups -OCH3 is 3. The van der Waals surface area contributed by atoms with Crippen molar-refractivity contribution >= 4 is 13.3 Å². The van der Waals surface area contributed by atoms with Crippen LogP contribution in [-0.2, 0) is 9.09 Å². The van der Waals surface area contributed by atoms with Gasteiger partial charge in [-0.2, -0.15) is 0 Å². The van der Waals surface area contributed by atoms with Gasteiger partial charge in [0.15, 0.2) is 11.5 Å². The van der Waals surface area contributed by atoms with Crippen LogP contribution in [0.15, 0.2) is 36.7 Å². The number of pyridine rings is 1. The van der Waals surface area contributed by atoms with E-state index in [-0.39, 0.29) is 12.4 Å². The fraction of sp³-hybridized carbons (Fsp3) is 0.421. The molecule has 154 valence electrons. The second kappa shape index (κ2) is 10.2. The van der Waals surface area contributed by atoms with Crippen molar-refractivity contribution in [3.05, 3.63) is 36.7 Å². The van der Waals surface area contributed by atoms with Crippen molar-refractivity contribution in [3.63, 3.8) is 0 Å². The molecule has 0 bridgehead atoms. The molecular formula is C19H27N2O6P. The number of hydrogen-bond acceptors (Lipinski definition) is 8. The summed E-state index contributed by atoms with van der Waals surface area (Å²) in [6.45, 7) is 3.90. The maximum Gasteiger partial charge on any atom is 0.401 e. The van der Waals surface area contributed by atoms with E-state index in [0.29, 0.717) is 23.7 Å². The molecule has 0 saturated heterocycles. The normalized spacial score (nSPS) is 13.9. The van der Waals surface area contributed by atoms with Crippen molar-refractivity contribution in [3.8, 4) is 23.0 Å². The maximum absolute atomic E-state index is 13.6. The first kappa shape index (κ1) is 21.9. The molecule has 1 N–H and O–H groups in total. The molecule has 0 aliphatic heterocycles. The minimum absolute atomic E-state index is 0.229. The number of nitrogens with one attached hydrogen (secondary N) is 1. The molecule has 0 amide bonds. The third-order valence-corrected chi connectivity index (χ3v) is 6.28. The Morgan fingerprint density at radius 2 is 1.79 bits per heavy atom. The third kappa shape index (κ3) is 5.09. The van der Waals surface area contributed by atoms with Crippen LogP contribution in [0, 0.1) is 0 Å². The number of aromatic nitrogens is 1. The lowest BCUT2D eigenvalue weighted by molar-refractivity contribution is 0.269. The zero-order valence-electron chi connectivity index (χ0n) is 16.8. The molecule has 1 heterocycles. The number of benzene rings is 1. The molecule has 0 aliphatic carbocycles. The van der Waals surface area contributed by atoms with Crippen LogP contribution in [0.1, 0.15) is 20.3 Å². The lowest BCUT2D eigenvalue weighted by Gasteiger charge is -2.28. The van der Waals surface area contributed by atoms with Gasteiger partial charge in [-0.05, 0) is 25.5 Å². The van der Waals surface area contributed by atoms with Gasteiger partial charge in [-0.15, -0.1) is 0 Å². The molecule has 0 spiro atoms. The molecule has 2 aromatic rings. The van der Waals surface area contributed by atoms with E-state index in [1.165, 1.54) is 21.3 Å². The molecule has 8 nitrogen and oxygen atoms in total. The highest BCUT2D eigenvalue weighted by Gasteiger charge is 2.37. The first-order valence-corrected chi connectivity index (χ1v) is 10.5. The van der Waals surface area contributed by atoms with Gasteiger partial charge in [0.25, 0.3) is 0 Å². The molecule has 0 fully saturated rings. The first-order chi connectivity index (χ1) is 13.5. The Morgan fingerprint density at radius 1 is 1.11 bits per heavy atom. The van der Waals surface area contributed by atoms with E-state index in [1.807, 2.05) is 13.0 Å². The van der Waals surface area contributed by atoms with Crippen molar-refractivity contribution in [2.24, 2.45) is 0 Å². The van der Waals surface area contributed by atoms with Crippen LogP contribution in [0.25, 0.3) is 0 Å². The number of rotatable bonds is 11. The fourth-order valence-electron chi connectivity index (χ4n) is 2.66. The second-order valence-corrected chi connectivity index (χ2v) is 7.86. The average molecular weight is 410 g/mol. The van der Waals surface area contributed by atoms with Gasteiger partial charge in [0.1, 0.15) is 11.5 Å². The molecule has 2 atom stereocenters. The van der Waals surface area contributed by atoms with E-state index in [9.17, 15) is 4.57 Å². The molecular weight excluding hydrogens is 383 g/mol. The smallest absolute Gasteiger partial charge is 0.401 e. The van der Waals surface area contributed by atoms with Crippen LogP contribution in [0.5, 0.6) is 23.0 Å². The van der Waals surface area contributed by atoms with Gasteiger partial charge in [0, 0.05) is 24.5 Å². The van der Waals surface area contributed by atoms with Gasteiger partial charge in [-0.1, -0.05) is 6.92 Å². The maximum atomic E-state index is 13.6. The number of ether oxygens (including phenoxy) is 3. The van der Waals surface area contributed by atoms with Crippen LogP contribution in [0.4, 0.5) is 5.69 Å². The van der Waals surface area contributed by atoms with Gasteiger partial charge in [0.05, 0.1) is 33.6 Å². The summed E-state index contributed by atoms with van der Waals surface area (Å²) in [6, 6.07) is 6.81. The zero-order valence-corrected chi connectivity index (χ0v) is 17.7. The van der Waals surface area contributed by atoms with Crippen molar-refractivity contribution in [2.45, 2.75) is 26.1 Å². The molecule has 1 aromatic heterocycles. The van der Waals surface area contributed by atoms with Crippen LogP contribution in [-0.4, -0.2) is 38.7 Å². The summed E-state index contributed by atoms with van der Waals surface area (Å²) in [5, 5.41) is 3.19. The number of anilines is 1. The minimum atomic E-state index is -3.59. The van der Waals surface area contributed by atoms with Gasteiger partial charge < -0.3 is 24.1 Å². The summed E-state index contributed by atoms with van der Waals surface area (Å²) in [5.41, 5.74) is 0.725. The average Bonchev–Trinajstić information content (AvgIpc) is 2.71. The largest absolute Gasteiger partial charge is 0.493 e. The lowest BCUT2D eigenvalue weighted by Crippen LogP contribution is -2.23. The minimum Gasteiger partial charge on any atom is -0.493 e. The summed E-state index contributed by atoms with van der Waals surface area (Å²) in [7, 11) is 0.923. The van der Waals surface area contributed by atoms with E-state index in [0.717, 1.165) is 5.69 Å². The summed E-state index contributed by atoms with van der Waals surface area (Å²) in [5.74, 6) is 0.930. The Kier molecular flexibility index (Phi) is 7.96. The lowest BCUT2D eigenvalue weighted by atomic mass is 10.2. The summed E-state index contributed by atoms with van der Waals surface area (Å²) < 4.78 is 41.1. The van der Waals surface area contributed by atoms with Crippen LogP contribution in [0.3, 0.4) is 0 Å². The first-order valence-electron chi connectivity index (χ1n) is 8.91. The Bertz CT molecular complexity index is 777. The molecule has 0 saturated carbocycles. The quantitative estimate of drug-likeness (QED) is 0.539. The Labute approximate surface area is 165 Å². The summed E-state index contributed by atoms with van der Waals surface area (Å²) >= 11 is 0. The standard InChI is InChI=1S/C19H27N2O6P/c1-6-18(21-14-9-8-10-20-13-14)28(22,26-7-2)27-15-11-16(23-3)19(25-5)17(12-15)24-4/h8-13,18,21H,6-7H2,1-5H3. The Hall–Kier alpha value is -2.44. The van der Waals surface area contributed by atoms with Gasteiger partial charge in [-0.3, -0.25) is 9.51 Å². The van der Waals surface area contributed by atoms with Crippen LogP contribution in [0.2, 0.25) is 0 Å². The van der Waals surface area contributed by atoms with E-state index in [2.05, 4.69) is 10.3 Å². The number of hydrogen-bond donors (Lipinski definition) is 1. The predicted octanol–water partition coefficient (Wildman–Crippen LogP) is 4.56. The molecule has 28 heavy (non-hydrogen) atoms. The summed E-state index contributed by atoms with van der Waals surface area (Å²) in [6.07, 6.45) is 3.83. The second-order valence-electron chi connectivity index (χ2n) is 5.72. The topological polar surface area (TPSA) is 88.1 Å². The Balaban J connectivity index is 2.38. The highest BCUT2D eigenvalue weighted by molar-refractivity contribution is 7.55. The highest BCUT2D eigenvalue weighted by atomic mass is 31.2. The van der Waals surface area contributed by atoms with Crippen molar-refractivity contribution in [1.82, 2.24) is 4.98 Å². The predicted molar refractivity (Wildman–Crippen MR) is 108 cm³/mol. The molecule has 0 radical (unpaired) electrons. The molecule has 0 aliphatic rings. The molecule has 2 rings (SSSR count). The van der Waals surface area contributed by atoms with Crippen LogP contribution >= 0.6 is 7.60 Å². The molecule has 1 aromatic carbocycles. The summed E-state index contributed by atoms with van der Waals surface area (Å²) in [4.78, 5) is 4.07. The SMILES string of the molecule is CCOP(=O)(Oc1cc(OC)c(OC)c(OC)c1)C(CC)Nc1cccnc1. The van der Waals surface area contributed by atoms with E-state index >= 15 is 0 Å². The monoisotopic (exact) mass is 410 g/mol. The van der Waals surface area contributed by atoms with Crippen molar-refractivity contribution < 1.29 is 27.8 Å². The van der Waals surface area contributed by atoms with E-state index in [4.69, 9.17) is 23.3 Å². The van der Waals surface area contributed by atoms with Crippen LogP contribution < -0.4 is 24.1 Å². The number of nitrogens with zero attached hydrogens (tertiary/aromatic N) is 1. The van der Waals surface area contributed by atoms with E-state index < -0.39 is 13.4 Å². The van der Waals surface area contributed by atoms with Gasteiger partial charge in [0.2, 0.25) is 5.75 Å². The van der Waals surface area contributed by atoms with E-state index in [1.54, 1.807) is 37.5 Å². The van der Waals surface area contributed by atoms with Crippen molar-refractivity contribution in [1.29, 1.82) is 0 Å². The van der Waals surface area contributed by atoms with Crippen molar-refractivity contribution in [2.75, 3.05) is 33.3 Å². The third-order valence-electron chi connectivity index (χ3n) is 3.94. The fourth-order valence-corrected chi connectivity index (χ4v) is 4.54. The Morgan fingerprint density at radius 3 is 2.25 bits per heavy atom. The highest BCUT2D eigenvalue weighted by Crippen LogP contribution is 2.55.